The van der Waals surface area contributed by atoms with Gasteiger partial charge in [0.1, 0.15) is 5.52 Å². The number of carbonyl (C=O) groups is 1. The number of anilines is 1. The average Bonchev–Trinajstić information content (AvgIpc) is 3.10. The van der Waals surface area contributed by atoms with Crippen LogP contribution in [-0.4, -0.2) is 10.9 Å². The van der Waals surface area contributed by atoms with Crippen LogP contribution >= 0.6 is 0 Å². The first kappa shape index (κ1) is 16.8. The molecule has 4 nitrogen and oxygen atoms in total. The third kappa shape index (κ3) is 3.96. The van der Waals surface area contributed by atoms with Crippen LogP contribution in [-0.2, 0) is 4.79 Å². The van der Waals surface area contributed by atoms with Crippen molar-refractivity contribution in [2.75, 3.05) is 5.32 Å². The predicted molar refractivity (Wildman–Crippen MR) is 109 cm³/mol. The van der Waals surface area contributed by atoms with Gasteiger partial charge in [-0.15, -0.1) is 0 Å². The van der Waals surface area contributed by atoms with Crippen LogP contribution in [0.25, 0.3) is 34.4 Å². The lowest BCUT2D eigenvalue weighted by atomic mass is 10.1. The van der Waals surface area contributed by atoms with E-state index in [9.17, 15) is 4.79 Å². The summed E-state index contributed by atoms with van der Waals surface area (Å²) in [7, 11) is 0. The molecule has 0 bridgehead atoms. The van der Waals surface area contributed by atoms with Crippen LogP contribution < -0.4 is 5.32 Å². The van der Waals surface area contributed by atoms with E-state index in [1.165, 1.54) is 6.92 Å². The lowest BCUT2D eigenvalue weighted by molar-refractivity contribution is -0.114. The molecule has 0 aliphatic carbocycles. The molecule has 4 heteroatoms. The zero-order valence-corrected chi connectivity index (χ0v) is 14.8. The summed E-state index contributed by atoms with van der Waals surface area (Å²) in [5.74, 6) is 0.473. The molecule has 4 aromatic rings. The molecule has 3 aromatic carbocycles. The van der Waals surface area contributed by atoms with E-state index < -0.39 is 0 Å². The van der Waals surface area contributed by atoms with Crippen molar-refractivity contribution in [3.8, 4) is 11.1 Å². The fourth-order valence-corrected chi connectivity index (χ4v) is 2.88. The number of hydrogen-bond donors (Lipinski definition) is 1. The summed E-state index contributed by atoms with van der Waals surface area (Å²) in [5.41, 5.74) is 5.62. The molecule has 0 atom stereocenters. The third-order valence-electron chi connectivity index (χ3n) is 4.16. The Hall–Kier alpha value is -3.66. The van der Waals surface area contributed by atoms with Gasteiger partial charge in [0.05, 0.1) is 0 Å². The molecule has 0 radical (unpaired) electrons. The van der Waals surface area contributed by atoms with Crippen LogP contribution in [0.5, 0.6) is 0 Å². The monoisotopic (exact) mass is 354 g/mol. The number of benzene rings is 3. The Bertz CT molecular complexity index is 1110. The van der Waals surface area contributed by atoms with Crippen molar-refractivity contribution in [3.63, 3.8) is 0 Å². The van der Waals surface area contributed by atoms with E-state index in [0.29, 0.717) is 5.89 Å². The molecular formula is C23H18N2O2. The molecule has 0 spiro atoms. The quantitative estimate of drug-likeness (QED) is 0.517. The number of oxazole rings is 1. The number of nitrogens with one attached hydrogen (secondary N) is 1. The second kappa shape index (κ2) is 7.30. The Kier molecular flexibility index (Phi) is 4.54. The molecule has 4 rings (SSSR count). The Balaban J connectivity index is 1.55. The van der Waals surface area contributed by atoms with Crippen molar-refractivity contribution in [3.05, 3.63) is 84.3 Å². The van der Waals surface area contributed by atoms with Crippen LogP contribution in [0.1, 0.15) is 18.4 Å². The van der Waals surface area contributed by atoms with Gasteiger partial charge in [0.15, 0.2) is 5.58 Å². The fraction of sp³-hybridized carbons (Fsp3) is 0.0435. The molecule has 0 saturated carbocycles. The minimum atomic E-state index is -0.0837. The topological polar surface area (TPSA) is 55.1 Å². The van der Waals surface area contributed by atoms with Gasteiger partial charge in [-0.3, -0.25) is 4.79 Å². The van der Waals surface area contributed by atoms with Crippen LogP contribution in [0.2, 0.25) is 0 Å². The number of carbonyl (C=O) groups excluding carboxylic acids is 1. The molecule has 132 valence electrons. The summed E-state index contributed by atoms with van der Waals surface area (Å²) in [6.07, 6.45) is 3.77. The zero-order valence-electron chi connectivity index (χ0n) is 14.8. The molecule has 1 aromatic heterocycles. The Morgan fingerprint density at radius 1 is 0.926 bits per heavy atom. The molecule has 0 aliphatic heterocycles. The van der Waals surface area contributed by atoms with Gasteiger partial charge < -0.3 is 9.73 Å². The molecule has 1 amide bonds. The Morgan fingerprint density at radius 2 is 1.70 bits per heavy atom. The number of aromatic nitrogens is 1. The number of amides is 1. The summed E-state index contributed by atoms with van der Waals surface area (Å²) in [6, 6.07) is 23.8. The normalized spacial score (nSPS) is 11.1. The number of fused-ring (bicyclic) bond motifs is 1. The van der Waals surface area contributed by atoms with E-state index in [2.05, 4.69) is 22.4 Å². The Morgan fingerprint density at radius 3 is 2.44 bits per heavy atom. The average molecular weight is 354 g/mol. The van der Waals surface area contributed by atoms with Crippen molar-refractivity contribution < 1.29 is 9.21 Å². The van der Waals surface area contributed by atoms with Gasteiger partial charge >= 0.3 is 0 Å². The van der Waals surface area contributed by atoms with Gasteiger partial charge in [0.25, 0.3) is 0 Å². The van der Waals surface area contributed by atoms with Crippen LogP contribution in [0.3, 0.4) is 0 Å². The summed E-state index contributed by atoms with van der Waals surface area (Å²) >= 11 is 0. The van der Waals surface area contributed by atoms with Crippen molar-refractivity contribution in [2.45, 2.75) is 6.92 Å². The highest BCUT2D eigenvalue weighted by molar-refractivity contribution is 5.88. The lowest BCUT2D eigenvalue weighted by Gasteiger charge is -2.01. The van der Waals surface area contributed by atoms with E-state index in [4.69, 9.17) is 4.42 Å². The van der Waals surface area contributed by atoms with Crippen molar-refractivity contribution in [2.24, 2.45) is 0 Å². The minimum absolute atomic E-state index is 0.0837. The summed E-state index contributed by atoms with van der Waals surface area (Å²) in [4.78, 5) is 15.6. The number of nitrogens with zero attached hydrogens (tertiary/aromatic N) is 1. The molecule has 0 fully saturated rings. The van der Waals surface area contributed by atoms with Crippen molar-refractivity contribution in [1.82, 2.24) is 4.98 Å². The minimum Gasteiger partial charge on any atom is -0.437 e. The first-order valence-electron chi connectivity index (χ1n) is 8.69. The lowest BCUT2D eigenvalue weighted by Crippen LogP contribution is -2.05. The van der Waals surface area contributed by atoms with Gasteiger partial charge in [-0.25, -0.2) is 4.98 Å². The molecule has 1 N–H and O–H groups in total. The summed E-state index contributed by atoms with van der Waals surface area (Å²) in [5, 5.41) is 2.75. The molecular weight excluding hydrogens is 336 g/mol. The van der Waals surface area contributed by atoms with Crippen molar-refractivity contribution >= 4 is 34.8 Å². The zero-order chi connectivity index (χ0) is 18.6. The van der Waals surface area contributed by atoms with E-state index in [1.54, 1.807) is 0 Å². The maximum atomic E-state index is 11.1. The highest BCUT2D eigenvalue weighted by atomic mass is 16.3. The largest absolute Gasteiger partial charge is 0.437 e. The Labute approximate surface area is 157 Å². The van der Waals surface area contributed by atoms with Crippen LogP contribution in [0.4, 0.5) is 5.69 Å². The molecule has 1 heterocycles. The van der Waals surface area contributed by atoms with Gasteiger partial charge in [0, 0.05) is 18.7 Å². The van der Waals surface area contributed by atoms with E-state index >= 15 is 0 Å². The summed E-state index contributed by atoms with van der Waals surface area (Å²) in [6.45, 7) is 1.49. The van der Waals surface area contributed by atoms with E-state index in [0.717, 1.165) is 33.5 Å². The third-order valence-corrected chi connectivity index (χ3v) is 4.16. The smallest absolute Gasteiger partial charge is 0.221 e. The highest BCUT2D eigenvalue weighted by Crippen LogP contribution is 2.25. The number of rotatable bonds is 4. The van der Waals surface area contributed by atoms with Crippen molar-refractivity contribution in [1.29, 1.82) is 0 Å². The van der Waals surface area contributed by atoms with Gasteiger partial charge in [-0.05, 0) is 47.0 Å². The van der Waals surface area contributed by atoms with Crippen LogP contribution in [0, 0.1) is 0 Å². The molecule has 0 aliphatic rings. The second-order valence-electron chi connectivity index (χ2n) is 6.24. The maximum absolute atomic E-state index is 11.1. The number of hydrogen-bond acceptors (Lipinski definition) is 3. The molecule has 27 heavy (non-hydrogen) atoms. The van der Waals surface area contributed by atoms with Gasteiger partial charge in [-0.2, -0.15) is 0 Å². The standard InChI is InChI=1S/C23H18N2O2/c1-16(26)24-20-11-7-17(8-12-20)9-14-23-25-21-15-19(10-13-22(21)27-23)18-5-3-2-4-6-18/h2-15H,1H3,(H,24,26)/b14-9+. The molecule has 0 unspecified atom stereocenters. The fourth-order valence-electron chi connectivity index (χ4n) is 2.88. The summed E-state index contributed by atoms with van der Waals surface area (Å²) < 4.78 is 5.80. The first-order chi connectivity index (χ1) is 13.2. The maximum Gasteiger partial charge on any atom is 0.221 e. The van der Waals surface area contributed by atoms with Crippen LogP contribution in [0.15, 0.2) is 77.2 Å². The second-order valence-corrected chi connectivity index (χ2v) is 6.24. The SMILES string of the molecule is CC(=O)Nc1ccc(/C=C/c2nc3cc(-c4ccccc4)ccc3o2)cc1. The highest BCUT2D eigenvalue weighted by Gasteiger charge is 2.05. The predicted octanol–water partition coefficient (Wildman–Crippen LogP) is 5.62. The van der Waals surface area contributed by atoms with E-state index in [-0.39, 0.29) is 5.91 Å². The molecule has 0 saturated heterocycles. The van der Waals surface area contributed by atoms with Gasteiger partial charge in [-0.1, -0.05) is 48.5 Å². The van der Waals surface area contributed by atoms with Gasteiger partial charge in [0.2, 0.25) is 11.8 Å². The first-order valence-corrected chi connectivity index (χ1v) is 8.69. The van der Waals surface area contributed by atoms with E-state index in [1.807, 2.05) is 72.8 Å².